The molecule has 0 aromatic carbocycles. The normalized spacial score (nSPS) is 10.3. The Labute approximate surface area is 91.1 Å². The molecule has 1 aromatic heterocycles. The van der Waals surface area contributed by atoms with Gasteiger partial charge in [0.15, 0.2) is 0 Å². The molecule has 0 bridgehead atoms. The number of likely N-dealkylation sites (N-methyl/N-ethyl adjacent to an activating group) is 1. The number of anilines is 1. The summed E-state index contributed by atoms with van der Waals surface area (Å²) in [5.74, 6) is 0. The molecule has 0 saturated heterocycles. The van der Waals surface area contributed by atoms with Crippen molar-refractivity contribution < 1.29 is 4.74 Å². The van der Waals surface area contributed by atoms with Crippen LogP contribution < -0.4 is 10.6 Å². The molecule has 0 aliphatic carbocycles. The van der Waals surface area contributed by atoms with Crippen LogP contribution in [0.3, 0.4) is 0 Å². The Balaban J connectivity index is 2.59. The van der Waals surface area contributed by atoms with Crippen LogP contribution in [0.2, 0.25) is 0 Å². The largest absolute Gasteiger partial charge is 0.380 e. The third-order valence-electron chi connectivity index (χ3n) is 2.29. The summed E-state index contributed by atoms with van der Waals surface area (Å²) in [4.78, 5) is 6.22. The van der Waals surface area contributed by atoms with Gasteiger partial charge >= 0.3 is 0 Å². The van der Waals surface area contributed by atoms with Gasteiger partial charge in [-0.2, -0.15) is 0 Å². The molecule has 0 radical (unpaired) electrons. The van der Waals surface area contributed by atoms with Crippen LogP contribution in [-0.4, -0.2) is 31.8 Å². The summed E-state index contributed by atoms with van der Waals surface area (Å²) in [6.07, 6.45) is 3.61. The fraction of sp³-hybridized carbons (Fsp3) is 0.545. The standard InChI is InChI=1S/C11H19N3O/c1-3-15-7-6-14(2)11-9-13-5-4-10(11)8-12/h4-5,9H,3,6-8,12H2,1-2H3. The molecule has 0 amide bonds. The van der Waals surface area contributed by atoms with E-state index in [1.165, 1.54) is 0 Å². The first kappa shape index (κ1) is 11.9. The summed E-state index contributed by atoms with van der Waals surface area (Å²) in [7, 11) is 2.02. The molecular weight excluding hydrogens is 190 g/mol. The molecular formula is C11H19N3O. The first-order chi connectivity index (χ1) is 7.29. The lowest BCUT2D eigenvalue weighted by atomic mass is 10.2. The Morgan fingerprint density at radius 3 is 3.00 bits per heavy atom. The van der Waals surface area contributed by atoms with Crippen molar-refractivity contribution in [2.75, 3.05) is 31.7 Å². The quantitative estimate of drug-likeness (QED) is 0.710. The fourth-order valence-electron chi connectivity index (χ4n) is 1.40. The minimum Gasteiger partial charge on any atom is -0.380 e. The second kappa shape index (κ2) is 6.37. The molecule has 1 rings (SSSR count). The molecule has 0 fully saturated rings. The second-order valence-corrected chi connectivity index (χ2v) is 3.33. The number of hydrogen-bond acceptors (Lipinski definition) is 4. The Morgan fingerprint density at radius 2 is 2.33 bits per heavy atom. The summed E-state index contributed by atoms with van der Waals surface area (Å²) in [5.41, 5.74) is 7.86. The number of aromatic nitrogens is 1. The zero-order chi connectivity index (χ0) is 11.1. The molecule has 0 saturated carbocycles. The highest BCUT2D eigenvalue weighted by Crippen LogP contribution is 2.16. The van der Waals surface area contributed by atoms with E-state index in [1.54, 1.807) is 6.20 Å². The first-order valence-electron chi connectivity index (χ1n) is 5.21. The molecule has 4 nitrogen and oxygen atoms in total. The average molecular weight is 209 g/mol. The molecule has 15 heavy (non-hydrogen) atoms. The highest BCUT2D eigenvalue weighted by Gasteiger charge is 2.05. The topological polar surface area (TPSA) is 51.4 Å². The second-order valence-electron chi connectivity index (χ2n) is 3.33. The van der Waals surface area contributed by atoms with Gasteiger partial charge < -0.3 is 15.4 Å². The maximum Gasteiger partial charge on any atom is 0.0641 e. The predicted octanol–water partition coefficient (Wildman–Crippen LogP) is 1.01. The molecule has 0 aliphatic rings. The molecule has 0 aliphatic heterocycles. The van der Waals surface area contributed by atoms with Crippen LogP contribution in [0.4, 0.5) is 5.69 Å². The van der Waals surface area contributed by atoms with Crippen molar-refractivity contribution in [2.24, 2.45) is 5.73 Å². The number of ether oxygens (including phenoxy) is 1. The van der Waals surface area contributed by atoms with Gasteiger partial charge in [0.2, 0.25) is 0 Å². The first-order valence-corrected chi connectivity index (χ1v) is 5.21. The Kier molecular flexibility index (Phi) is 5.07. The van der Waals surface area contributed by atoms with Crippen molar-refractivity contribution >= 4 is 5.69 Å². The van der Waals surface area contributed by atoms with Gasteiger partial charge in [-0.1, -0.05) is 0 Å². The summed E-state index contributed by atoms with van der Waals surface area (Å²) < 4.78 is 5.31. The number of rotatable bonds is 6. The van der Waals surface area contributed by atoms with Crippen molar-refractivity contribution in [1.82, 2.24) is 4.98 Å². The van der Waals surface area contributed by atoms with E-state index < -0.39 is 0 Å². The van der Waals surface area contributed by atoms with Crippen molar-refractivity contribution in [3.05, 3.63) is 24.0 Å². The van der Waals surface area contributed by atoms with Crippen LogP contribution in [0.5, 0.6) is 0 Å². The fourth-order valence-corrected chi connectivity index (χ4v) is 1.40. The van der Waals surface area contributed by atoms with E-state index in [0.717, 1.165) is 31.0 Å². The predicted molar refractivity (Wildman–Crippen MR) is 61.9 cm³/mol. The van der Waals surface area contributed by atoms with E-state index in [0.29, 0.717) is 6.54 Å². The van der Waals surface area contributed by atoms with Crippen LogP contribution in [-0.2, 0) is 11.3 Å². The molecule has 84 valence electrons. The number of nitrogens with two attached hydrogens (primary N) is 1. The molecule has 0 unspecified atom stereocenters. The van der Waals surface area contributed by atoms with Gasteiger partial charge in [-0.05, 0) is 18.6 Å². The van der Waals surface area contributed by atoms with Gasteiger partial charge in [0.05, 0.1) is 18.5 Å². The number of pyridine rings is 1. The lowest BCUT2D eigenvalue weighted by molar-refractivity contribution is 0.154. The lowest BCUT2D eigenvalue weighted by Gasteiger charge is -2.21. The van der Waals surface area contributed by atoms with Crippen LogP contribution in [0.25, 0.3) is 0 Å². The zero-order valence-corrected chi connectivity index (χ0v) is 9.44. The number of nitrogens with zero attached hydrogens (tertiary/aromatic N) is 2. The van der Waals surface area contributed by atoms with E-state index >= 15 is 0 Å². The van der Waals surface area contributed by atoms with Gasteiger partial charge in [-0.3, -0.25) is 4.98 Å². The maximum atomic E-state index is 5.66. The Bertz CT molecular complexity index is 291. The van der Waals surface area contributed by atoms with Gasteiger partial charge in [-0.15, -0.1) is 0 Å². The molecule has 4 heteroatoms. The molecule has 0 spiro atoms. The third kappa shape index (κ3) is 3.49. The number of hydrogen-bond donors (Lipinski definition) is 1. The molecule has 2 N–H and O–H groups in total. The van der Waals surface area contributed by atoms with Gasteiger partial charge in [0.25, 0.3) is 0 Å². The van der Waals surface area contributed by atoms with Crippen molar-refractivity contribution in [3.63, 3.8) is 0 Å². The average Bonchev–Trinajstić information content (AvgIpc) is 2.29. The maximum absolute atomic E-state index is 5.66. The highest BCUT2D eigenvalue weighted by atomic mass is 16.5. The lowest BCUT2D eigenvalue weighted by Crippen LogP contribution is -2.24. The summed E-state index contributed by atoms with van der Waals surface area (Å²) in [5, 5.41) is 0. The van der Waals surface area contributed by atoms with Crippen molar-refractivity contribution in [2.45, 2.75) is 13.5 Å². The monoisotopic (exact) mass is 209 g/mol. The summed E-state index contributed by atoms with van der Waals surface area (Å²) in [6, 6.07) is 1.95. The summed E-state index contributed by atoms with van der Waals surface area (Å²) in [6.45, 7) is 4.87. The zero-order valence-electron chi connectivity index (χ0n) is 9.44. The van der Waals surface area contributed by atoms with Crippen molar-refractivity contribution in [3.8, 4) is 0 Å². The van der Waals surface area contributed by atoms with Crippen LogP contribution in [0, 0.1) is 0 Å². The molecule has 1 heterocycles. The van der Waals surface area contributed by atoms with Gasteiger partial charge in [0, 0.05) is 32.9 Å². The van der Waals surface area contributed by atoms with Crippen LogP contribution >= 0.6 is 0 Å². The van der Waals surface area contributed by atoms with Crippen LogP contribution in [0.15, 0.2) is 18.5 Å². The van der Waals surface area contributed by atoms with Gasteiger partial charge in [-0.25, -0.2) is 0 Å². The third-order valence-corrected chi connectivity index (χ3v) is 2.29. The van der Waals surface area contributed by atoms with Gasteiger partial charge in [0.1, 0.15) is 0 Å². The van der Waals surface area contributed by atoms with Crippen LogP contribution in [0.1, 0.15) is 12.5 Å². The summed E-state index contributed by atoms with van der Waals surface area (Å²) >= 11 is 0. The SMILES string of the molecule is CCOCCN(C)c1cnccc1CN. The Morgan fingerprint density at radius 1 is 1.53 bits per heavy atom. The van der Waals surface area contributed by atoms with E-state index in [1.807, 2.05) is 26.2 Å². The minimum absolute atomic E-state index is 0.539. The molecule has 0 atom stereocenters. The van der Waals surface area contributed by atoms with E-state index in [-0.39, 0.29) is 0 Å². The van der Waals surface area contributed by atoms with Crippen molar-refractivity contribution in [1.29, 1.82) is 0 Å². The molecule has 1 aromatic rings. The minimum atomic E-state index is 0.539. The highest BCUT2D eigenvalue weighted by molar-refractivity contribution is 5.50. The van der Waals surface area contributed by atoms with E-state index in [4.69, 9.17) is 10.5 Å². The smallest absolute Gasteiger partial charge is 0.0641 e. The van der Waals surface area contributed by atoms with E-state index in [2.05, 4.69) is 9.88 Å². The van der Waals surface area contributed by atoms with E-state index in [9.17, 15) is 0 Å². The Hall–Kier alpha value is -1.13.